The molecule has 0 heterocycles. The van der Waals surface area contributed by atoms with Crippen molar-refractivity contribution >= 4 is 57.5 Å². The van der Waals surface area contributed by atoms with Crippen LogP contribution >= 0.6 is 51.5 Å². The molecular weight excluding hydrogens is 456 g/mol. The van der Waals surface area contributed by atoms with Crippen molar-refractivity contribution in [1.29, 1.82) is 0 Å². The van der Waals surface area contributed by atoms with Crippen molar-refractivity contribution in [2.75, 3.05) is 20.3 Å². The molecule has 0 aliphatic rings. The van der Waals surface area contributed by atoms with Crippen LogP contribution < -0.4 is 11.1 Å². The van der Waals surface area contributed by atoms with E-state index < -0.39 is 0 Å². The topological polar surface area (TPSA) is 59.6 Å². The molecule has 0 aliphatic carbocycles. The van der Waals surface area contributed by atoms with Gasteiger partial charge in [-0.2, -0.15) is 0 Å². The standard InChI is InChI=1S/C13H19BrClN3O.HI/c1-9(8-19-2)18-13(16)17-6-5-10-7-11(15)3-4-12(10)14;/h3-4,7,9H,5-6,8H2,1-2H3,(H3,16,17,18);1H. The summed E-state index contributed by atoms with van der Waals surface area (Å²) in [4.78, 5) is 4.28. The molecule has 1 aromatic rings. The summed E-state index contributed by atoms with van der Waals surface area (Å²) in [6.45, 7) is 3.19. The fourth-order valence-corrected chi connectivity index (χ4v) is 2.26. The predicted molar refractivity (Wildman–Crippen MR) is 99.2 cm³/mol. The van der Waals surface area contributed by atoms with Crippen molar-refractivity contribution in [3.63, 3.8) is 0 Å². The lowest BCUT2D eigenvalue weighted by atomic mass is 10.1. The highest BCUT2D eigenvalue weighted by Crippen LogP contribution is 2.21. The van der Waals surface area contributed by atoms with E-state index >= 15 is 0 Å². The number of hydrogen-bond acceptors (Lipinski definition) is 2. The molecule has 0 aromatic heterocycles. The summed E-state index contributed by atoms with van der Waals surface area (Å²) in [5, 5.41) is 3.78. The highest BCUT2D eigenvalue weighted by Gasteiger charge is 2.03. The zero-order chi connectivity index (χ0) is 14.3. The van der Waals surface area contributed by atoms with Crippen molar-refractivity contribution in [2.24, 2.45) is 10.7 Å². The first-order valence-corrected chi connectivity index (χ1v) is 7.19. The van der Waals surface area contributed by atoms with E-state index in [0.717, 1.165) is 21.5 Å². The maximum Gasteiger partial charge on any atom is 0.188 e. The van der Waals surface area contributed by atoms with Gasteiger partial charge in [0.2, 0.25) is 0 Å². The van der Waals surface area contributed by atoms with Gasteiger partial charge in [-0.25, -0.2) is 0 Å². The van der Waals surface area contributed by atoms with Crippen LogP contribution in [0.25, 0.3) is 0 Å². The average Bonchev–Trinajstić information content (AvgIpc) is 2.33. The SMILES string of the molecule is COCC(C)NC(N)=NCCc1cc(Cl)ccc1Br.I. The number of hydrogen-bond donors (Lipinski definition) is 2. The molecule has 3 N–H and O–H groups in total. The number of rotatable bonds is 6. The third-order valence-corrected chi connectivity index (χ3v) is 3.49. The second-order valence-electron chi connectivity index (χ2n) is 4.25. The first-order valence-electron chi connectivity index (χ1n) is 6.02. The molecule has 20 heavy (non-hydrogen) atoms. The molecule has 0 bridgehead atoms. The predicted octanol–water partition coefficient (Wildman–Crippen LogP) is 3.20. The Kier molecular flexibility index (Phi) is 10.6. The van der Waals surface area contributed by atoms with Crippen molar-refractivity contribution in [2.45, 2.75) is 19.4 Å². The Hall–Kier alpha value is -0.0500. The molecule has 114 valence electrons. The zero-order valence-corrected chi connectivity index (χ0v) is 16.2. The van der Waals surface area contributed by atoms with Gasteiger partial charge in [-0.05, 0) is 37.1 Å². The minimum atomic E-state index is 0. The Morgan fingerprint density at radius 2 is 2.25 bits per heavy atom. The van der Waals surface area contributed by atoms with E-state index in [2.05, 4.69) is 26.2 Å². The summed E-state index contributed by atoms with van der Waals surface area (Å²) in [5.74, 6) is 0.433. The number of ether oxygens (including phenoxy) is 1. The number of halogens is 3. The largest absolute Gasteiger partial charge is 0.383 e. The van der Waals surface area contributed by atoms with Crippen LogP contribution in [0.5, 0.6) is 0 Å². The first kappa shape index (κ1) is 19.9. The Balaban J connectivity index is 0.00000361. The van der Waals surface area contributed by atoms with Crippen LogP contribution in [-0.4, -0.2) is 32.3 Å². The Labute approximate surface area is 150 Å². The maximum atomic E-state index is 5.95. The van der Waals surface area contributed by atoms with Crippen molar-refractivity contribution in [3.8, 4) is 0 Å². The number of guanidine groups is 1. The third kappa shape index (κ3) is 7.66. The molecule has 1 atom stereocenters. The van der Waals surface area contributed by atoms with Crippen molar-refractivity contribution in [1.82, 2.24) is 5.32 Å². The van der Waals surface area contributed by atoms with E-state index in [1.165, 1.54) is 0 Å². The summed E-state index contributed by atoms with van der Waals surface area (Å²) in [5.41, 5.74) is 6.90. The normalized spacial score (nSPS) is 12.7. The van der Waals surface area contributed by atoms with Gasteiger partial charge >= 0.3 is 0 Å². The van der Waals surface area contributed by atoms with Gasteiger partial charge in [-0.1, -0.05) is 27.5 Å². The molecule has 7 heteroatoms. The molecule has 0 amide bonds. The van der Waals surface area contributed by atoms with Gasteiger partial charge in [0.1, 0.15) is 0 Å². The minimum absolute atomic E-state index is 0. The molecule has 0 radical (unpaired) electrons. The van der Waals surface area contributed by atoms with Gasteiger partial charge in [0.05, 0.1) is 6.61 Å². The molecule has 0 spiro atoms. The van der Waals surface area contributed by atoms with Crippen LogP contribution in [0.3, 0.4) is 0 Å². The zero-order valence-electron chi connectivity index (χ0n) is 11.5. The third-order valence-electron chi connectivity index (χ3n) is 2.48. The van der Waals surface area contributed by atoms with Gasteiger partial charge in [-0.3, -0.25) is 4.99 Å². The lowest BCUT2D eigenvalue weighted by Crippen LogP contribution is -2.40. The van der Waals surface area contributed by atoms with Crippen molar-refractivity contribution in [3.05, 3.63) is 33.3 Å². The quantitative estimate of drug-likeness (QED) is 0.377. The number of nitrogens with two attached hydrogens (primary N) is 1. The van der Waals surface area contributed by atoms with E-state index in [1.807, 2.05) is 25.1 Å². The fourth-order valence-electron chi connectivity index (χ4n) is 1.62. The molecule has 0 saturated carbocycles. The van der Waals surface area contributed by atoms with Crippen LogP contribution in [-0.2, 0) is 11.2 Å². The van der Waals surface area contributed by atoms with E-state index in [4.69, 9.17) is 22.1 Å². The second kappa shape index (κ2) is 10.6. The minimum Gasteiger partial charge on any atom is -0.383 e. The van der Waals surface area contributed by atoms with E-state index in [1.54, 1.807) is 7.11 Å². The van der Waals surface area contributed by atoms with Gasteiger partial charge in [0, 0.05) is 29.2 Å². The summed E-state index contributed by atoms with van der Waals surface area (Å²) < 4.78 is 6.05. The number of aliphatic imine (C=N–C) groups is 1. The summed E-state index contributed by atoms with van der Waals surface area (Å²) in [6.07, 6.45) is 0.780. The molecular formula is C13H20BrClIN3O. The Morgan fingerprint density at radius 3 is 2.90 bits per heavy atom. The maximum absolute atomic E-state index is 5.95. The molecule has 0 saturated heterocycles. The van der Waals surface area contributed by atoms with Gasteiger partial charge in [0.25, 0.3) is 0 Å². The Morgan fingerprint density at radius 1 is 1.55 bits per heavy atom. The number of benzene rings is 1. The number of nitrogens with zero attached hydrogens (tertiary/aromatic N) is 1. The fraction of sp³-hybridized carbons (Fsp3) is 0.462. The number of methoxy groups -OCH3 is 1. The van der Waals surface area contributed by atoms with E-state index in [9.17, 15) is 0 Å². The smallest absolute Gasteiger partial charge is 0.188 e. The highest BCUT2D eigenvalue weighted by atomic mass is 127. The van der Waals surface area contributed by atoms with Gasteiger partial charge < -0.3 is 15.8 Å². The molecule has 1 unspecified atom stereocenters. The lowest BCUT2D eigenvalue weighted by molar-refractivity contribution is 0.179. The molecule has 1 rings (SSSR count). The molecule has 0 fully saturated rings. The lowest BCUT2D eigenvalue weighted by Gasteiger charge is -2.13. The average molecular weight is 477 g/mol. The molecule has 4 nitrogen and oxygen atoms in total. The first-order chi connectivity index (χ1) is 9.02. The van der Waals surface area contributed by atoms with Crippen LogP contribution in [0.4, 0.5) is 0 Å². The summed E-state index contributed by atoms with van der Waals surface area (Å²) in [6, 6.07) is 5.86. The van der Waals surface area contributed by atoms with Crippen LogP contribution in [0, 0.1) is 0 Å². The van der Waals surface area contributed by atoms with Crippen molar-refractivity contribution < 1.29 is 4.74 Å². The highest BCUT2D eigenvalue weighted by molar-refractivity contribution is 14.0. The summed E-state index contributed by atoms with van der Waals surface area (Å²) in [7, 11) is 1.65. The second-order valence-corrected chi connectivity index (χ2v) is 5.54. The van der Waals surface area contributed by atoms with Gasteiger partial charge in [0.15, 0.2) is 5.96 Å². The number of nitrogens with one attached hydrogen (secondary N) is 1. The van der Waals surface area contributed by atoms with Crippen LogP contribution in [0.2, 0.25) is 5.02 Å². The summed E-state index contributed by atoms with van der Waals surface area (Å²) >= 11 is 9.44. The monoisotopic (exact) mass is 475 g/mol. The molecule has 0 aliphatic heterocycles. The Bertz CT molecular complexity index is 446. The van der Waals surface area contributed by atoms with E-state index in [0.29, 0.717) is 19.1 Å². The van der Waals surface area contributed by atoms with Gasteiger partial charge in [-0.15, -0.1) is 24.0 Å². The molecule has 1 aromatic carbocycles. The van der Waals surface area contributed by atoms with Crippen LogP contribution in [0.1, 0.15) is 12.5 Å². The van der Waals surface area contributed by atoms with Crippen LogP contribution in [0.15, 0.2) is 27.7 Å². The van der Waals surface area contributed by atoms with E-state index in [-0.39, 0.29) is 30.0 Å².